The summed E-state index contributed by atoms with van der Waals surface area (Å²) in [7, 11) is 0. The Morgan fingerprint density at radius 2 is 1.95 bits per heavy atom. The normalized spacial score (nSPS) is 11.8. The molecule has 5 heteroatoms. The Balaban J connectivity index is 2.04. The van der Waals surface area contributed by atoms with Crippen LogP contribution in [0.15, 0.2) is 53.0 Å². The first-order valence-electron chi connectivity index (χ1n) is 6.64. The average molecular weight is 294 g/mol. The number of carbonyl (C=O) groups is 2. The molecule has 1 atom stereocenters. The van der Waals surface area contributed by atoms with Gasteiger partial charge in [-0.2, -0.15) is 5.26 Å². The molecule has 2 rings (SSSR count). The summed E-state index contributed by atoms with van der Waals surface area (Å²) in [4.78, 5) is 24.0. The van der Waals surface area contributed by atoms with Crippen LogP contribution in [0.1, 0.15) is 11.5 Å². The molecular formula is C17H14N2O3. The summed E-state index contributed by atoms with van der Waals surface area (Å²) in [6.45, 7) is 1.78. The van der Waals surface area contributed by atoms with E-state index in [-0.39, 0.29) is 0 Å². The number of hydrogen-bond donors (Lipinski definition) is 1. The number of nitrogens with zero attached hydrogens (tertiary/aromatic N) is 1. The molecule has 2 aromatic rings. The molecule has 1 aromatic carbocycles. The van der Waals surface area contributed by atoms with Crippen molar-refractivity contribution in [3.63, 3.8) is 0 Å². The molecule has 1 aromatic heterocycles. The van der Waals surface area contributed by atoms with Gasteiger partial charge in [0.15, 0.2) is 11.7 Å². The molecule has 0 fully saturated rings. The number of allylic oxidation sites excluding steroid dienone is 1. The predicted molar refractivity (Wildman–Crippen MR) is 81.7 cm³/mol. The fourth-order valence-corrected chi connectivity index (χ4v) is 1.79. The van der Waals surface area contributed by atoms with Gasteiger partial charge >= 0.3 is 0 Å². The zero-order valence-corrected chi connectivity index (χ0v) is 11.9. The highest BCUT2D eigenvalue weighted by Crippen LogP contribution is 2.11. The smallest absolute Gasteiger partial charge is 0.249 e. The number of para-hydroxylation sites is 1. The summed E-state index contributed by atoms with van der Waals surface area (Å²) in [6.07, 6.45) is 2.62. The van der Waals surface area contributed by atoms with Gasteiger partial charge in [0.1, 0.15) is 11.5 Å². The number of nitriles is 1. The number of rotatable bonds is 5. The summed E-state index contributed by atoms with van der Waals surface area (Å²) in [5.74, 6) is -1.44. The Morgan fingerprint density at radius 3 is 2.55 bits per heavy atom. The van der Waals surface area contributed by atoms with Gasteiger partial charge in [0.05, 0.1) is 6.07 Å². The summed E-state index contributed by atoms with van der Waals surface area (Å²) < 4.78 is 5.28. The van der Waals surface area contributed by atoms with E-state index in [0.717, 1.165) is 0 Å². The van der Waals surface area contributed by atoms with Crippen molar-refractivity contribution >= 4 is 23.5 Å². The maximum atomic E-state index is 12.0. The molecule has 22 heavy (non-hydrogen) atoms. The summed E-state index contributed by atoms with van der Waals surface area (Å²) in [6, 6.07) is 13.8. The Morgan fingerprint density at radius 1 is 1.23 bits per heavy atom. The van der Waals surface area contributed by atoms with Crippen molar-refractivity contribution in [3.8, 4) is 6.07 Å². The third-order valence-electron chi connectivity index (χ3n) is 2.89. The van der Waals surface area contributed by atoms with Gasteiger partial charge in [-0.05, 0) is 43.3 Å². The van der Waals surface area contributed by atoms with E-state index in [1.807, 2.05) is 0 Å². The van der Waals surface area contributed by atoms with Crippen LogP contribution < -0.4 is 5.32 Å². The summed E-state index contributed by atoms with van der Waals surface area (Å²) in [5.41, 5.74) is 0.534. The fraction of sp³-hybridized carbons (Fsp3) is 0.118. The van der Waals surface area contributed by atoms with E-state index < -0.39 is 17.6 Å². The number of benzene rings is 1. The first kappa shape index (κ1) is 15.3. The molecule has 1 N–H and O–H groups in total. The second kappa shape index (κ2) is 7.04. The van der Waals surface area contributed by atoms with Crippen molar-refractivity contribution in [2.75, 3.05) is 5.32 Å². The van der Waals surface area contributed by atoms with Crippen molar-refractivity contribution < 1.29 is 14.0 Å². The van der Waals surface area contributed by atoms with Crippen LogP contribution in [0.5, 0.6) is 0 Å². The van der Waals surface area contributed by atoms with Crippen molar-refractivity contribution in [1.29, 1.82) is 5.26 Å². The van der Waals surface area contributed by atoms with Gasteiger partial charge in [0, 0.05) is 5.69 Å². The second-order valence-corrected chi connectivity index (χ2v) is 4.60. The highest BCUT2D eigenvalue weighted by atomic mass is 16.3. The van der Waals surface area contributed by atoms with Crippen LogP contribution in [0, 0.1) is 24.2 Å². The molecule has 0 radical (unpaired) electrons. The first-order chi connectivity index (χ1) is 10.6. The van der Waals surface area contributed by atoms with Crippen LogP contribution in [-0.4, -0.2) is 11.7 Å². The zero-order chi connectivity index (χ0) is 15.9. The number of anilines is 1. The van der Waals surface area contributed by atoms with Gasteiger partial charge in [-0.25, -0.2) is 0 Å². The molecule has 0 aliphatic rings. The van der Waals surface area contributed by atoms with Crippen molar-refractivity contribution in [1.82, 2.24) is 0 Å². The highest BCUT2D eigenvalue weighted by molar-refractivity contribution is 6.14. The Labute approximate surface area is 127 Å². The number of ketones is 1. The first-order valence-corrected chi connectivity index (χ1v) is 6.64. The summed E-state index contributed by atoms with van der Waals surface area (Å²) in [5, 5.41) is 11.6. The number of nitrogens with one attached hydrogen (secondary N) is 1. The molecule has 0 saturated carbocycles. The van der Waals surface area contributed by atoms with Gasteiger partial charge in [-0.1, -0.05) is 18.2 Å². The number of aryl methyl sites for hydroxylation is 1. The van der Waals surface area contributed by atoms with Crippen LogP contribution in [0.4, 0.5) is 5.69 Å². The lowest BCUT2D eigenvalue weighted by molar-refractivity contribution is -0.126. The molecule has 0 aliphatic heterocycles. The topological polar surface area (TPSA) is 83.1 Å². The highest BCUT2D eigenvalue weighted by Gasteiger charge is 2.24. The van der Waals surface area contributed by atoms with Crippen LogP contribution >= 0.6 is 0 Å². The largest absolute Gasteiger partial charge is 0.462 e. The van der Waals surface area contributed by atoms with E-state index in [1.165, 1.54) is 12.2 Å². The Hall–Kier alpha value is -3.13. The van der Waals surface area contributed by atoms with Crippen molar-refractivity contribution in [2.24, 2.45) is 5.92 Å². The number of hydrogen-bond acceptors (Lipinski definition) is 4. The van der Waals surface area contributed by atoms with Crippen molar-refractivity contribution in [3.05, 3.63) is 60.1 Å². The van der Waals surface area contributed by atoms with E-state index >= 15 is 0 Å². The second-order valence-electron chi connectivity index (χ2n) is 4.60. The number of amides is 1. The lowest BCUT2D eigenvalue weighted by Gasteiger charge is -2.07. The van der Waals surface area contributed by atoms with Gasteiger partial charge in [0.25, 0.3) is 0 Å². The number of carbonyl (C=O) groups excluding carboxylic acids is 2. The van der Waals surface area contributed by atoms with Gasteiger partial charge < -0.3 is 9.73 Å². The van der Waals surface area contributed by atoms with E-state index in [2.05, 4.69) is 5.32 Å². The third kappa shape index (κ3) is 3.93. The minimum atomic E-state index is -1.40. The van der Waals surface area contributed by atoms with Crippen molar-refractivity contribution in [2.45, 2.75) is 6.92 Å². The lowest BCUT2D eigenvalue weighted by atomic mass is 10.0. The van der Waals surface area contributed by atoms with Crippen LogP contribution in [0.2, 0.25) is 0 Å². The Kier molecular flexibility index (Phi) is 4.89. The van der Waals surface area contributed by atoms with Crippen LogP contribution in [0.25, 0.3) is 6.08 Å². The monoisotopic (exact) mass is 294 g/mol. The zero-order valence-electron chi connectivity index (χ0n) is 11.9. The third-order valence-corrected chi connectivity index (χ3v) is 2.89. The summed E-state index contributed by atoms with van der Waals surface area (Å²) >= 11 is 0. The minimum Gasteiger partial charge on any atom is -0.462 e. The SMILES string of the molecule is Cc1ccc(/C=C/C(=O)[C@@H](C#N)C(=O)Nc2ccccc2)o1. The molecule has 0 spiro atoms. The van der Waals surface area contributed by atoms with Gasteiger partial charge in [-0.3, -0.25) is 9.59 Å². The molecule has 0 aliphatic carbocycles. The van der Waals surface area contributed by atoms with E-state index in [0.29, 0.717) is 17.2 Å². The number of furan rings is 1. The van der Waals surface area contributed by atoms with Crippen LogP contribution in [-0.2, 0) is 9.59 Å². The molecule has 0 unspecified atom stereocenters. The minimum absolute atomic E-state index is 0.492. The quantitative estimate of drug-likeness (QED) is 0.679. The predicted octanol–water partition coefficient (Wildman–Crippen LogP) is 2.95. The van der Waals surface area contributed by atoms with E-state index in [9.17, 15) is 9.59 Å². The standard InChI is InChI=1S/C17H14N2O3/c1-12-7-8-14(22-12)9-10-16(20)15(11-18)17(21)19-13-5-3-2-4-6-13/h2-10,15H,1H3,(H,19,21)/b10-9+/t15-/m1/s1. The van der Waals surface area contributed by atoms with Gasteiger partial charge in [-0.15, -0.1) is 0 Å². The molecule has 1 amide bonds. The average Bonchev–Trinajstić information content (AvgIpc) is 2.92. The molecule has 1 heterocycles. The van der Waals surface area contributed by atoms with E-state index in [4.69, 9.17) is 9.68 Å². The molecule has 5 nitrogen and oxygen atoms in total. The molecule has 0 bridgehead atoms. The van der Waals surface area contributed by atoms with E-state index in [1.54, 1.807) is 55.5 Å². The molecule has 110 valence electrons. The molecule has 0 saturated heterocycles. The maximum absolute atomic E-state index is 12.0. The lowest BCUT2D eigenvalue weighted by Crippen LogP contribution is -2.27. The molecular weight excluding hydrogens is 280 g/mol. The van der Waals surface area contributed by atoms with Crippen LogP contribution in [0.3, 0.4) is 0 Å². The van der Waals surface area contributed by atoms with Gasteiger partial charge in [0.2, 0.25) is 5.91 Å². The maximum Gasteiger partial charge on any atom is 0.249 e. The fourth-order valence-electron chi connectivity index (χ4n) is 1.79. The Bertz CT molecular complexity index is 739.